The number of anilines is 1. The Kier molecular flexibility index (Phi) is 5.43. The van der Waals surface area contributed by atoms with Crippen LogP contribution in [-0.2, 0) is 6.54 Å². The quantitative estimate of drug-likeness (QED) is 0.708. The molecule has 0 radical (unpaired) electrons. The Bertz CT molecular complexity index is 1060. The fourth-order valence-electron chi connectivity index (χ4n) is 4.57. The van der Waals surface area contributed by atoms with Crippen LogP contribution in [0.25, 0.3) is 0 Å². The number of amides is 2. The van der Waals surface area contributed by atoms with Crippen LogP contribution in [0.1, 0.15) is 58.5 Å². The number of nitrogens with zero attached hydrogens (tertiary/aromatic N) is 2. The summed E-state index contributed by atoms with van der Waals surface area (Å²) in [4.78, 5) is 32.3. The van der Waals surface area contributed by atoms with Crippen LogP contribution in [0, 0.1) is 12.8 Å². The van der Waals surface area contributed by atoms with Crippen molar-refractivity contribution in [3.05, 3.63) is 51.7 Å². The van der Waals surface area contributed by atoms with Gasteiger partial charge in [0.1, 0.15) is 0 Å². The lowest BCUT2D eigenvalue weighted by molar-refractivity contribution is -0.0224. The van der Waals surface area contributed by atoms with Gasteiger partial charge < -0.3 is 20.1 Å². The molecule has 8 heteroatoms. The summed E-state index contributed by atoms with van der Waals surface area (Å²) in [5.41, 5.74) is 1.46. The van der Waals surface area contributed by atoms with Gasteiger partial charge in [0.15, 0.2) is 0 Å². The fraction of sp³-hybridized carbons (Fsp3) is 0.435. The van der Waals surface area contributed by atoms with Crippen LogP contribution in [0.15, 0.2) is 24.4 Å². The zero-order valence-corrected chi connectivity index (χ0v) is 18.8. The van der Waals surface area contributed by atoms with Crippen molar-refractivity contribution in [1.82, 2.24) is 9.88 Å². The Labute approximate surface area is 186 Å². The molecule has 0 saturated heterocycles. The smallest absolute Gasteiger partial charge is 0.257 e. The maximum absolute atomic E-state index is 13.4. The van der Waals surface area contributed by atoms with Crippen LogP contribution in [0.4, 0.5) is 5.69 Å². The van der Waals surface area contributed by atoms with E-state index in [4.69, 9.17) is 16.3 Å². The number of halogens is 1. The number of rotatable bonds is 6. The number of nitrogens with one attached hydrogen (secondary N) is 1. The number of aromatic nitrogens is 1. The van der Waals surface area contributed by atoms with Crippen molar-refractivity contribution in [2.45, 2.75) is 51.8 Å². The summed E-state index contributed by atoms with van der Waals surface area (Å²) in [6, 6.07) is 5.13. The first-order valence-electron chi connectivity index (χ1n) is 10.3. The van der Waals surface area contributed by atoms with Crippen LogP contribution in [0.2, 0.25) is 5.02 Å². The Morgan fingerprint density at radius 2 is 2.10 bits per heavy atom. The van der Waals surface area contributed by atoms with Crippen LogP contribution in [-0.4, -0.2) is 45.6 Å². The van der Waals surface area contributed by atoms with E-state index in [-0.39, 0.29) is 22.5 Å². The molecular formula is C23H26ClN3O4. The lowest BCUT2D eigenvalue weighted by atomic mass is 9.93. The van der Waals surface area contributed by atoms with Gasteiger partial charge in [-0.3, -0.25) is 9.59 Å². The van der Waals surface area contributed by atoms with Crippen LogP contribution < -0.4 is 10.1 Å². The van der Waals surface area contributed by atoms with E-state index in [1.165, 1.54) is 13.3 Å². The number of benzene rings is 1. The number of fused-ring (bicyclic) bond motifs is 1. The van der Waals surface area contributed by atoms with Gasteiger partial charge in [-0.2, -0.15) is 0 Å². The van der Waals surface area contributed by atoms with Crippen molar-refractivity contribution in [1.29, 1.82) is 0 Å². The second-order valence-corrected chi connectivity index (χ2v) is 9.19. The minimum Gasteiger partial charge on any atom is -0.481 e. The summed E-state index contributed by atoms with van der Waals surface area (Å²) in [5.74, 6) is -0.0151. The van der Waals surface area contributed by atoms with E-state index in [0.717, 1.165) is 18.4 Å². The molecule has 1 atom stereocenters. The number of aliphatic hydroxyl groups is 1. The van der Waals surface area contributed by atoms with Crippen LogP contribution in [0.5, 0.6) is 5.88 Å². The Hall–Kier alpha value is -2.64. The number of pyridine rings is 1. The number of carbonyl (C=O) groups is 2. The number of hydrogen-bond donors (Lipinski definition) is 2. The van der Waals surface area contributed by atoms with E-state index in [2.05, 4.69) is 10.3 Å². The molecule has 2 aliphatic rings. The third kappa shape index (κ3) is 3.88. The van der Waals surface area contributed by atoms with E-state index in [9.17, 15) is 14.7 Å². The van der Waals surface area contributed by atoms with Crippen molar-refractivity contribution >= 4 is 29.1 Å². The molecule has 0 spiro atoms. The van der Waals surface area contributed by atoms with Gasteiger partial charge in [-0.05, 0) is 51.2 Å². The molecule has 2 amide bonds. The number of hydrogen-bond acceptors (Lipinski definition) is 5. The number of carbonyl (C=O) groups excluding carboxylic acids is 2. The highest BCUT2D eigenvalue weighted by atomic mass is 35.5. The predicted octanol–water partition coefficient (Wildman–Crippen LogP) is 3.81. The minimum atomic E-state index is -1.01. The Morgan fingerprint density at radius 1 is 1.39 bits per heavy atom. The van der Waals surface area contributed by atoms with E-state index in [1.807, 2.05) is 12.1 Å². The van der Waals surface area contributed by atoms with Gasteiger partial charge in [0.25, 0.3) is 11.8 Å². The minimum absolute atomic E-state index is 0.181. The van der Waals surface area contributed by atoms with Crippen molar-refractivity contribution in [2.24, 2.45) is 5.92 Å². The monoisotopic (exact) mass is 443 g/mol. The van der Waals surface area contributed by atoms with Crippen LogP contribution >= 0.6 is 11.6 Å². The van der Waals surface area contributed by atoms with Crippen molar-refractivity contribution in [2.75, 3.05) is 12.4 Å². The van der Waals surface area contributed by atoms with Gasteiger partial charge in [0, 0.05) is 12.1 Å². The van der Waals surface area contributed by atoms with Gasteiger partial charge in [-0.25, -0.2) is 4.98 Å². The normalized spacial score (nSPS) is 16.8. The molecule has 164 valence electrons. The molecule has 1 aromatic carbocycles. The molecule has 1 aliphatic carbocycles. The van der Waals surface area contributed by atoms with Crippen molar-refractivity contribution in [3.63, 3.8) is 0 Å². The lowest BCUT2D eigenvalue weighted by Crippen LogP contribution is -2.51. The first kappa shape index (κ1) is 21.6. The summed E-state index contributed by atoms with van der Waals surface area (Å²) in [5, 5.41) is 13.8. The Morgan fingerprint density at radius 3 is 2.71 bits per heavy atom. The van der Waals surface area contributed by atoms with E-state index >= 15 is 0 Å². The largest absolute Gasteiger partial charge is 0.481 e. The molecule has 1 fully saturated rings. The van der Waals surface area contributed by atoms with Gasteiger partial charge >= 0.3 is 0 Å². The summed E-state index contributed by atoms with van der Waals surface area (Å²) in [7, 11) is 1.47. The maximum Gasteiger partial charge on any atom is 0.257 e. The Balaban J connectivity index is 1.66. The fourth-order valence-corrected chi connectivity index (χ4v) is 4.85. The average molecular weight is 444 g/mol. The van der Waals surface area contributed by atoms with Gasteiger partial charge in [0.2, 0.25) is 5.88 Å². The molecule has 4 rings (SSSR count). The maximum atomic E-state index is 13.4. The molecule has 2 aromatic rings. The number of ether oxygens (including phenoxy) is 1. The highest BCUT2D eigenvalue weighted by molar-refractivity contribution is 6.34. The first-order valence-corrected chi connectivity index (χ1v) is 10.7. The standard InChI is InChI=1S/C23H26ClN3O4/c1-12-17(15(24)10-25-21(12)31-4)20(28)26-16-7-5-6-14-11-27(22(29)18(14)16)19(13-8-9-13)23(2,3)30/h5-7,10,13,19,30H,8-9,11H2,1-4H3,(H,26,28)/t19-/m0/s1. The molecule has 1 aliphatic heterocycles. The average Bonchev–Trinajstić information content (AvgIpc) is 3.45. The molecule has 1 saturated carbocycles. The van der Waals surface area contributed by atoms with E-state index in [1.54, 1.807) is 31.7 Å². The zero-order chi connectivity index (χ0) is 22.5. The van der Waals surface area contributed by atoms with Crippen molar-refractivity contribution in [3.8, 4) is 5.88 Å². The molecule has 31 heavy (non-hydrogen) atoms. The SMILES string of the molecule is COc1ncc(Cl)c(C(=O)Nc2cccc3c2C(=O)N([C@@H](C2CC2)C(C)(C)O)C3)c1C. The zero-order valence-electron chi connectivity index (χ0n) is 18.0. The third-order valence-corrected chi connectivity index (χ3v) is 6.28. The van der Waals surface area contributed by atoms with E-state index in [0.29, 0.717) is 35.2 Å². The molecule has 7 nitrogen and oxygen atoms in total. The second kappa shape index (κ2) is 7.80. The van der Waals surface area contributed by atoms with Crippen molar-refractivity contribution < 1.29 is 19.4 Å². The molecule has 0 bridgehead atoms. The number of methoxy groups -OCH3 is 1. The lowest BCUT2D eigenvalue weighted by Gasteiger charge is -2.37. The second-order valence-electron chi connectivity index (χ2n) is 8.78. The van der Waals surface area contributed by atoms with Gasteiger partial charge in [-0.1, -0.05) is 23.7 Å². The topological polar surface area (TPSA) is 91.8 Å². The van der Waals surface area contributed by atoms with Gasteiger partial charge in [-0.15, -0.1) is 0 Å². The molecular weight excluding hydrogens is 418 g/mol. The third-order valence-electron chi connectivity index (χ3n) is 5.99. The summed E-state index contributed by atoms with van der Waals surface area (Å²) < 4.78 is 5.20. The van der Waals surface area contributed by atoms with Gasteiger partial charge in [0.05, 0.1) is 46.8 Å². The molecule has 0 unspecified atom stereocenters. The molecule has 2 N–H and O–H groups in total. The summed E-state index contributed by atoms with van der Waals surface area (Å²) >= 11 is 6.24. The first-order chi connectivity index (χ1) is 14.6. The molecule has 1 aromatic heterocycles. The highest BCUT2D eigenvalue weighted by Crippen LogP contribution is 2.43. The summed E-state index contributed by atoms with van der Waals surface area (Å²) in [6.07, 6.45) is 3.37. The summed E-state index contributed by atoms with van der Waals surface area (Å²) in [6.45, 7) is 5.61. The van der Waals surface area contributed by atoms with E-state index < -0.39 is 11.5 Å². The van der Waals surface area contributed by atoms with Crippen LogP contribution in [0.3, 0.4) is 0 Å². The highest BCUT2D eigenvalue weighted by Gasteiger charge is 2.48. The molecule has 2 heterocycles. The predicted molar refractivity (Wildman–Crippen MR) is 118 cm³/mol.